The Morgan fingerprint density at radius 1 is 0.710 bits per heavy atom. The van der Waals surface area contributed by atoms with Gasteiger partial charge in [-0.3, -0.25) is 0 Å². The molecule has 0 amide bonds. The molecule has 0 unspecified atom stereocenters. The fourth-order valence-electron chi connectivity index (χ4n) is 12.8. The third-order valence-corrected chi connectivity index (χ3v) is 14.5. The maximum atomic E-state index is 10.9. The summed E-state index contributed by atoms with van der Waals surface area (Å²) in [6.07, 6.45) is 15.5. The molecular formula is C30H50O. The number of hydrogen-bond donors (Lipinski definition) is 1. The summed E-state index contributed by atoms with van der Waals surface area (Å²) >= 11 is 0. The zero-order valence-electron chi connectivity index (χ0n) is 21.7. The molecular weight excluding hydrogens is 376 g/mol. The van der Waals surface area contributed by atoms with Crippen LogP contribution in [0.2, 0.25) is 0 Å². The van der Waals surface area contributed by atoms with Crippen LogP contribution in [0.1, 0.15) is 119 Å². The van der Waals surface area contributed by atoms with Crippen molar-refractivity contribution in [3.8, 4) is 0 Å². The van der Waals surface area contributed by atoms with E-state index in [1.807, 2.05) is 0 Å². The highest BCUT2D eigenvalue weighted by molar-refractivity contribution is 5.32. The van der Waals surface area contributed by atoms with Crippen molar-refractivity contribution in [1.29, 1.82) is 0 Å². The zero-order chi connectivity index (χ0) is 22.2. The van der Waals surface area contributed by atoms with Gasteiger partial charge in [-0.15, -0.1) is 0 Å². The predicted molar refractivity (Wildman–Crippen MR) is 129 cm³/mol. The molecule has 1 nitrogen and oxygen atoms in total. The minimum Gasteiger partial charge on any atom is -0.393 e. The molecule has 6 rings (SSSR count). The molecule has 0 heterocycles. The minimum atomic E-state index is -0.100. The van der Waals surface area contributed by atoms with Crippen molar-refractivity contribution in [2.75, 3.05) is 0 Å². The highest BCUT2D eigenvalue weighted by atomic mass is 16.3. The molecule has 6 aliphatic carbocycles. The number of aliphatic hydroxyl groups excluding tert-OH is 1. The monoisotopic (exact) mass is 426 g/mol. The van der Waals surface area contributed by atoms with Crippen LogP contribution >= 0.6 is 0 Å². The summed E-state index contributed by atoms with van der Waals surface area (Å²) in [4.78, 5) is 0. The van der Waals surface area contributed by atoms with Gasteiger partial charge in [-0.2, -0.15) is 0 Å². The highest BCUT2D eigenvalue weighted by Gasteiger charge is 2.84. The van der Waals surface area contributed by atoms with Gasteiger partial charge in [0.15, 0.2) is 0 Å². The van der Waals surface area contributed by atoms with Crippen LogP contribution in [0.15, 0.2) is 0 Å². The van der Waals surface area contributed by atoms with E-state index in [0.717, 1.165) is 30.1 Å². The molecule has 6 aliphatic rings. The lowest BCUT2D eigenvalue weighted by molar-refractivity contribution is -0.223. The molecule has 0 bridgehead atoms. The van der Waals surface area contributed by atoms with Crippen molar-refractivity contribution in [2.45, 2.75) is 125 Å². The van der Waals surface area contributed by atoms with Crippen LogP contribution in [0.3, 0.4) is 0 Å². The first-order valence-corrected chi connectivity index (χ1v) is 14.1. The Bertz CT molecular complexity index is 785. The second-order valence-corrected chi connectivity index (χ2v) is 15.4. The molecule has 1 N–H and O–H groups in total. The third-order valence-electron chi connectivity index (χ3n) is 14.5. The first kappa shape index (κ1) is 21.5. The summed E-state index contributed by atoms with van der Waals surface area (Å²) in [6.45, 7) is 18.2. The predicted octanol–water partition coefficient (Wildman–Crippen LogP) is 7.86. The lowest BCUT2D eigenvalue weighted by Gasteiger charge is -2.70. The Morgan fingerprint density at radius 3 is 2.16 bits per heavy atom. The van der Waals surface area contributed by atoms with Crippen molar-refractivity contribution in [1.82, 2.24) is 0 Å². The van der Waals surface area contributed by atoms with Crippen LogP contribution in [0, 0.1) is 62.1 Å². The molecule has 6 fully saturated rings. The molecule has 1 heteroatoms. The van der Waals surface area contributed by atoms with E-state index in [2.05, 4.69) is 48.5 Å². The van der Waals surface area contributed by atoms with Crippen molar-refractivity contribution >= 4 is 0 Å². The summed E-state index contributed by atoms with van der Waals surface area (Å²) in [6, 6.07) is 0. The van der Waals surface area contributed by atoms with E-state index in [1.165, 1.54) is 57.8 Å². The Hall–Kier alpha value is -0.0400. The van der Waals surface area contributed by atoms with E-state index < -0.39 is 0 Å². The Labute approximate surface area is 192 Å². The largest absolute Gasteiger partial charge is 0.393 e. The maximum Gasteiger partial charge on any atom is 0.0594 e. The number of hydrogen-bond acceptors (Lipinski definition) is 1. The summed E-state index contributed by atoms with van der Waals surface area (Å²) in [5.41, 5.74) is 3.00. The maximum absolute atomic E-state index is 10.9. The van der Waals surface area contributed by atoms with Gasteiger partial charge >= 0.3 is 0 Å². The lowest BCUT2D eigenvalue weighted by Crippen LogP contribution is -2.64. The van der Waals surface area contributed by atoms with Crippen LogP contribution in [0.5, 0.6) is 0 Å². The SMILES string of the molecule is C[C@@H]1[C@H](C)CC[C@]2(C)CC[C@]34C[C@]3(CC[C@H]3[C@@]5(C)CC[C@H](O)C(C)(C)[C@@H]5CC[C@@]34C)[C@H]12. The van der Waals surface area contributed by atoms with Crippen LogP contribution in [-0.4, -0.2) is 11.2 Å². The number of aliphatic hydroxyl groups is 1. The first-order valence-electron chi connectivity index (χ1n) is 14.1. The van der Waals surface area contributed by atoms with Gasteiger partial charge in [0, 0.05) is 0 Å². The molecule has 6 saturated carbocycles. The van der Waals surface area contributed by atoms with Gasteiger partial charge in [0.25, 0.3) is 0 Å². The van der Waals surface area contributed by atoms with Crippen LogP contribution < -0.4 is 0 Å². The van der Waals surface area contributed by atoms with Crippen molar-refractivity contribution < 1.29 is 5.11 Å². The lowest BCUT2D eigenvalue weighted by atomic mass is 9.35. The van der Waals surface area contributed by atoms with E-state index >= 15 is 0 Å². The van der Waals surface area contributed by atoms with Crippen LogP contribution in [-0.2, 0) is 0 Å². The molecule has 0 aromatic rings. The van der Waals surface area contributed by atoms with E-state index in [9.17, 15) is 5.11 Å². The molecule has 0 radical (unpaired) electrons. The van der Waals surface area contributed by atoms with Gasteiger partial charge < -0.3 is 5.11 Å². The average Bonchev–Trinajstić information content (AvgIpc) is 3.39. The van der Waals surface area contributed by atoms with E-state index in [-0.39, 0.29) is 11.5 Å². The van der Waals surface area contributed by atoms with E-state index in [4.69, 9.17) is 0 Å². The standard InChI is InChI=1S/C30H50O/c1-19-8-12-26(5)16-17-30-18-29(30,24(26)20(19)2)15-10-22-27(6)13-11-23(31)25(3,4)21(27)9-14-28(22,30)7/h19-24,31H,8-18H2,1-7H3/t19-,20-,21+,22+,23+,24-,26-,27+,28+,29-,30-/m1/s1. The summed E-state index contributed by atoms with van der Waals surface area (Å²) < 4.78 is 0. The zero-order valence-corrected chi connectivity index (χ0v) is 21.7. The second-order valence-electron chi connectivity index (χ2n) is 15.4. The first-order chi connectivity index (χ1) is 14.4. The molecule has 0 saturated heterocycles. The van der Waals surface area contributed by atoms with Crippen LogP contribution in [0.4, 0.5) is 0 Å². The highest BCUT2D eigenvalue weighted by Crippen LogP contribution is 2.91. The van der Waals surface area contributed by atoms with Crippen molar-refractivity contribution in [3.05, 3.63) is 0 Å². The van der Waals surface area contributed by atoms with Gasteiger partial charge in [0.1, 0.15) is 0 Å². The molecule has 0 aromatic heterocycles. The fraction of sp³-hybridized carbons (Fsp3) is 1.00. The summed E-state index contributed by atoms with van der Waals surface area (Å²) in [7, 11) is 0. The van der Waals surface area contributed by atoms with Crippen LogP contribution in [0.25, 0.3) is 0 Å². The van der Waals surface area contributed by atoms with Gasteiger partial charge in [0.2, 0.25) is 0 Å². The topological polar surface area (TPSA) is 20.2 Å². The minimum absolute atomic E-state index is 0.0858. The quantitative estimate of drug-likeness (QED) is 0.418. The average molecular weight is 427 g/mol. The smallest absolute Gasteiger partial charge is 0.0594 e. The van der Waals surface area contributed by atoms with E-state index in [0.29, 0.717) is 33.0 Å². The number of fused-ring (bicyclic) bond motifs is 4. The molecule has 0 aromatic carbocycles. The van der Waals surface area contributed by atoms with Gasteiger partial charge in [0.05, 0.1) is 6.10 Å². The number of rotatable bonds is 0. The molecule has 0 spiro atoms. The fourth-order valence-corrected chi connectivity index (χ4v) is 12.8. The van der Waals surface area contributed by atoms with Crippen molar-refractivity contribution in [3.63, 3.8) is 0 Å². The normalized spacial score (nSPS) is 64.3. The van der Waals surface area contributed by atoms with Gasteiger partial charge in [-0.1, -0.05) is 48.5 Å². The molecule has 11 atom stereocenters. The molecule has 176 valence electrons. The van der Waals surface area contributed by atoms with E-state index in [1.54, 1.807) is 6.42 Å². The Morgan fingerprint density at radius 2 is 1.42 bits per heavy atom. The van der Waals surface area contributed by atoms with Gasteiger partial charge in [-0.25, -0.2) is 0 Å². The molecule has 31 heavy (non-hydrogen) atoms. The van der Waals surface area contributed by atoms with Crippen molar-refractivity contribution in [2.24, 2.45) is 62.1 Å². The van der Waals surface area contributed by atoms with Gasteiger partial charge in [-0.05, 0) is 133 Å². The summed E-state index contributed by atoms with van der Waals surface area (Å²) in [5.74, 6) is 4.39. The summed E-state index contributed by atoms with van der Waals surface area (Å²) in [5, 5.41) is 10.9. The Kier molecular flexibility index (Phi) is 4.13. The second kappa shape index (κ2) is 5.95. The Balaban J connectivity index is 1.40. The molecule has 0 aliphatic heterocycles. The third kappa shape index (κ3) is 2.21.